The molecule has 0 atom stereocenters. The Morgan fingerprint density at radius 1 is 0.973 bits per heavy atom. The molecule has 0 spiro atoms. The number of carbonyl (C=O) groups is 2. The van der Waals surface area contributed by atoms with Gasteiger partial charge in [0.2, 0.25) is 11.8 Å². The maximum atomic E-state index is 12.9. The van der Waals surface area contributed by atoms with Crippen molar-refractivity contribution in [3.8, 4) is 11.4 Å². The minimum atomic E-state index is -0.457. The van der Waals surface area contributed by atoms with Gasteiger partial charge in [0.25, 0.3) is 5.69 Å². The number of benzene rings is 2. The number of carbonyl (C=O) groups excluding carboxylic acids is 2. The fourth-order valence-electron chi connectivity index (χ4n) is 4.08. The number of rotatable bonds is 9. The number of non-ortho nitro benzene ring substituents is 1. The summed E-state index contributed by atoms with van der Waals surface area (Å²) in [6.07, 6.45) is 0.121. The predicted molar refractivity (Wildman–Crippen MR) is 140 cm³/mol. The third-order valence-corrected chi connectivity index (χ3v) is 5.98. The zero-order valence-corrected chi connectivity index (χ0v) is 20.6. The highest BCUT2D eigenvalue weighted by atomic mass is 16.6. The summed E-state index contributed by atoms with van der Waals surface area (Å²) in [5, 5.41) is 17.0. The summed E-state index contributed by atoms with van der Waals surface area (Å²) in [5.41, 5.74) is 1.49. The van der Waals surface area contributed by atoms with Crippen molar-refractivity contribution in [1.82, 2.24) is 20.2 Å². The Kier molecular flexibility index (Phi) is 8.24. The normalized spacial score (nSPS) is 13.2. The molecule has 3 aromatic rings. The molecule has 0 aliphatic carbocycles. The number of nitrogens with one attached hydrogen (secondary N) is 2. The molecule has 0 saturated carbocycles. The predicted octanol–water partition coefficient (Wildman–Crippen LogP) is 2.49. The lowest BCUT2D eigenvalue weighted by Crippen LogP contribution is -2.49. The molecule has 1 saturated heterocycles. The first-order valence-electron chi connectivity index (χ1n) is 12.1. The van der Waals surface area contributed by atoms with Crippen molar-refractivity contribution in [1.29, 1.82) is 0 Å². The quantitative estimate of drug-likeness (QED) is 0.258. The van der Waals surface area contributed by atoms with Crippen LogP contribution in [0.4, 0.5) is 17.3 Å². The van der Waals surface area contributed by atoms with Crippen LogP contribution in [0.25, 0.3) is 11.4 Å². The maximum absolute atomic E-state index is 12.9. The molecule has 11 heteroatoms. The average Bonchev–Trinajstić information content (AvgIpc) is 2.91. The first-order valence-corrected chi connectivity index (χ1v) is 12.1. The Bertz CT molecular complexity index is 1260. The van der Waals surface area contributed by atoms with Crippen LogP contribution in [0.3, 0.4) is 0 Å². The second-order valence-corrected chi connectivity index (χ2v) is 8.68. The van der Waals surface area contributed by atoms with Crippen LogP contribution in [-0.2, 0) is 16.0 Å². The van der Waals surface area contributed by atoms with Crippen molar-refractivity contribution < 1.29 is 14.5 Å². The van der Waals surface area contributed by atoms with Gasteiger partial charge >= 0.3 is 0 Å². The molecule has 1 aromatic heterocycles. The Morgan fingerprint density at radius 2 is 1.73 bits per heavy atom. The summed E-state index contributed by atoms with van der Waals surface area (Å²) in [4.78, 5) is 47.9. The lowest BCUT2D eigenvalue weighted by molar-refractivity contribution is -0.384. The molecule has 2 aromatic carbocycles. The lowest BCUT2D eigenvalue weighted by atomic mass is 10.1. The number of anilines is 2. The highest BCUT2D eigenvalue weighted by Crippen LogP contribution is 2.24. The van der Waals surface area contributed by atoms with Crippen molar-refractivity contribution in [3.05, 3.63) is 76.3 Å². The Labute approximate surface area is 214 Å². The molecule has 1 aliphatic heterocycles. The summed E-state index contributed by atoms with van der Waals surface area (Å²) < 4.78 is 0. The Morgan fingerprint density at radius 3 is 2.43 bits per heavy atom. The van der Waals surface area contributed by atoms with E-state index >= 15 is 0 Å². The van der Waals surface area contributed by atoms with Crippen LogP contribution >= 0.6 is 0 Å². The summed E-state index contributed by atoms with van der Waals surface area (Å²) in [6, 6.07) is 17.8. The van der Waals surface area contributed by atoms with Crippen LogP contribution < -0.4 is 15.5 Å². The maximum Gasteiger partial charge on any atom is 0.269 e. The number of hydrogen-bond acceptors (Lipinski definition) is 8. The number of piperazine rings is 1. The van der Waals surface area contributed by atoms with Gasteiger partial charge in [-0.05, 0) is 5.56 Å². The fraction of sp³-hybridized carbons (Fsp3) is 0.308. The number of nitro benzene ring substituents is 1. The highest BCUT2D eigenvalue weighted by molar-refractivity contribution is 5.79. The number of amides is 2. The van der Waals surface area contributed by atoms with Crippen molar-refractivity contribution in [3.63, 3.8) is 0 Å². The third-order valence-electron chi connectivity index (χ3n) is 5.98. The molecule has 0 bridgehead atoms. The van der Waals surface area contributed by atoms with E-state index in [1.807, 2.05) is 36.4 Å². The second kappa shape index (κ2) is 11.9. The van der Waals surface area contributed by atoms with Gasteiger partial charge in [-0.1, -0.05) is 42.5 Å². The van der Waals surface area contributed by atoms with Gasteiger partial charge < -0.3 is 20.4 Å². The molecule has 37 heavy (non-hydrogen) atoms. The molecule has 192 valence electrons. The molecule has 1 fully saturated rings. The van der Waals surface area contributed by atoms with Gasteiger partial charge in [-0.25, -0.2) is 9.97 Å². The van der Waals surface area contributed by atoms with E-state index in [4.69, 9.17) is 4.98 Å². The summed E-state index contributed by atoms with van der Waals surface area (Å²) >= 11 is 0. The summed E-state index contributed by atoms with van der Waals surface area (Å²) in [7, 11) is 0. The van der Waals surface area contributed by atoms with E-state index in [0.29, 0.717) is 56.5 Å². The van der Waals surface area contributed by atoms with Crippen LogP contribution in [-0.4, -0.2) is 70.9 Å². The van der Waals surface area contributed by atoms with Gasteiger partial charge in [0.15, 0.2) is 5.82 Å². The van der Waals surface area contributed by atoms with E-state index < -0.39 is 4.92 Å². The van der Waals surface area contributed by atoms with Gasteiger partial charge in [0.05, 0.1) is 11.3 Å². The van der Waals surface area contributed by atoms with Crippen LogP contribution in [0.5, 0.6) is 0 Å². The van der Waals surface area contributed by atoms with Crippen molar-refractivity contribution in [2.24, 2.45) is 0 Å². The van der Waals surface area contributed by atoms with E-state index in [0.717, 1.165) is 11.4 Å². The van der Waals surface area contributed by atoms with Crippen molar-refractivity contribution in [2.75, 3.05) is 49.5 Å². The lowest BCUT2D eigenvalue weighted by Gasteiger charge is -2.35. The summed E-state index contributed by atoms with van der Waals surface area (Å²) in [5.74, 6) is 1.84. The topological polar surface area (TPSA) is 134 Å². The van der Waals surface area contributed by atoms with E-state index in [1.54, 1.807) is 17.0 Å². The molecule has 2 heterocycles. The largest absolute Gasteiger partial charge is 0.368 e. The van der Waals surface area contributed by atoms with E-state index in [2.05, 4.69) is 20.5 Å². The monoisotopic (exact) mass is 503 g/mol. The fourth-order valence-corrected chi connectivity index (χ4v) is 4.08. The van der Waals surface area contributed by atoms with Crippen LogP contribution in [0, 0.1) is 10.1 Å². The minimum Gasteiger partial charge on any atom is -0.368 e. The smallest absolute Gasteiger partial charge is 0.269 e. The van der Waals surface area contributed by atoms with Crippen LogP contribution in [0.1, 0.15) is 12.5 Å². The molecule has 2 N–H and O–H groups in total. The number of aromatic nitrogens is 2. The van der Waals surface area contributed by atoms with Gasteiger partial charge in [0.1, 0.15) is 11.6 Å². The van der Waals surface area contributed by atoms with E-state index in [-0.39, 0.29) is 23.9 Å². The average molecular weight is 504 g/mol. The molecule has 1 aliphatic rings. The number of hydrogen-bond donors (Lipinski definition) is 2. The minimum absolute atomic E-state index is 0.0189. The highest BCUT2D eigenvalue weighted by Gasteiger charge is 2.23. The first kappa shape index (κ1) is 25.5. The van der Waals surface area contributed by atoms with Crippen LogP contribution in [0.2, 0.25) is 0 Å². The number of nitro groups is 1. The standard InChI is InChI=1S/C26H29N7O4/c1-19(34)27-10-11-28-23-18-24(30-26(29-23)21-7-3-2-4-8-21)31-12-14-32(15-13-31)25(35)17-20-6-5-9-22(16-20)33(36)37/h2-9,16,18H,10-15,17H2,1H3,(H,27,34)(H,28,29,30). The Balaban J connectivity index is 1.43. The second-order valence-electron chi connectivity index (χ2n) is 8.68. The van der Waals surface area contributed by atoms with Crippen molar-refractivity contribution in [2.45, 2.75) is 13.3 Å². The zero-order chi connectivity index (χ0) is 26.2. The van der Waals surface area contributed by atoms with Gasteiger partial charge in [-0.2, -0.15) is 0 Å². The third kappa shape index (κ3) is 7.00. The Hall–Kier alpha value is -4.54. The first-order chi connectivity index (χ1) is 17.9. The van der Waals surface area contributed by atoms with E-state index in [1.165, 1.54) is 19.1 Å². The summed E-state index contributed by atoms with van der Waals surface area (Å²) in [6.45, 7) is 4.69. The molecular formula is C26H29N7O4. The van der Waals surface area contributed by atoms with Gasteiger partial charge in [-0.15, -0.1) is 0 Å². The molecule has 0 unspecified atom stereocenters. The number of nitrogens with zero attached hydrogens (tertiary/aromatic N) is 5. The molecule has 2 amide bonds. The SMILES string of the molecule is CC(=O)NCCNc1cc(N2CCN(C(=O)Cc3cccc([N+](=O)[O-])c3)CC2)nc(-c2ccccc2)n1. The van der Waals surface area contributed by atoms with Gasteiger partial charge in [0, 0.05) is 70.0 Å². The van der Waals surface area contributed by atoms with Gasteiger partial charge in [-0.3, -0.25) is 19.7 Å². The molecule has 11 nitrogen and oxygen atoms in total. The van der Waals surface area contributed by atoms with Crippen molar-refractivity contribution >= 4 is 29.1 Å². The molecule has 4 rings (SSSR count). The molecular weight excluding hydrogens is 474 g/mol. The molecule has 0 radical (unpaired) electrons. The van der Waals surface area contributed by atoms with Crippen LogP contribution in [0.15, 0.2) is 60.7 Å². The zero-order valence-electron chi connectivity index (χ0n) is 20.6. The van der Waals surface area contributed by atoms with E-state index in [9.17, 15) is 19.7 Å².